The Morgan fingerprint density at radius 2 is 1.73 bits per heavy atom. The van der Waals surface area contributed by atoms with Crippen molar-refractivity contribution >= 4 is 46.6 Å². The number of hydrogen-bond donors (Lipinski definition) is 2. The van der Waals surface area contributed by atoms with Gasteiger partial charge in [-0.15, -0.1) is 0 Å². The maximum atomic E-state index is 14.1. The summed E-state index contributed by atoms with van der Waals surface area (Å²) >= 11 is 12.2. The predicted molar refractivity (Wildman–Crippen MR) is 154 cm³/mol. The van der Waals surface area contributed by atoms with Gasteiger partial charge >= 0.3 is 0 Å². The van der Waals surface area contributed by atoms with Crippen LogP contribution in [0.2, 0.25) is 10.0 Å². The molecule has 1 aromatic rings. The van der Waals surface area contributed by atoms with Crippen molar-refractivity contribution in [3.63, 3.8) is 0 Å². The summed E-state index contributed by atoms with van der Waals surface area (Å²) < 4.78 is 6.47. The Morgan fingerprint density at radius 1 is 0.975 bits per heavy atom. The summed E-state index contributed by atoms with van der Waals surface area (Å²) in [5, 5.41) is 6.88. The number of carbonyl (C=O) groups excluding carboxylic acids is 3. The summed E-state index contributed by atoms with van der Waals surface area (Å²) in [7, 11) is 0. The van der Waals surface area contributed by atoms with Crippen LogP contribution in [0.4, 0.5) is 5.69 Å². The first kappa shape index (κ1) is 28.0. The van der Waals surface area contributed by atoms with Crippen molar-refractivity contribution in [2.75, 3.05) is 31.5 Å². The minimum Gasteiger partial charge on any atom is -0.359 e. The molecule has 5 atom stereocenters. The first-order valence-corrected chi connectivity index (χ1v) is 15.6. The van der Waals surface area contributed by atoms with E-state index in [9.17, 15) is 14.4 Å². The number of hydrogen-bond acceptors (Lipinski definition) is 5. The molecule has 5 aliphatic rings. The highest BCUT2D eigenvalue weighted by Gasteiger charge is 2.72. The molecule has 3 amide bonds. The zero-order chi connectivity index (χ0) is 27.9. The Bertz CT molecular complexity index is 1180. The number of benzene rings is 1. The number of likely N-dealkylation sites (tertiary alicyclic amines) is 2. The van der Waals surface area contributed by atoms with Crippen LogP contribution in [0.1, 0.15) is 57.8 Å². The Labute approximate surface area is 245 Å². The third kappa shape index (κ3) is 5.17. The van der Waals surface area contributed by atoms with E-state index in [2.05, 4.69) is 15.5 Å². The van der Waals surface area contributed by atoms with Crippen LogP contribution >= 0.6 is 23.2 Å². The molecule has 2 bridgehead atoms. The molecule has 0 aromatic heterocycles. The second-order valence-corrected chi connectivity index (χ2v) is 12.8. The quantitative estimate of drug-likeness (QED) is 0.439. The van der Waals surface area contributed by atoms with Crippen LogP contribution in [0.5, 0.6) is 0 Å². The Morgan fingerprint density at radius 3 is 2.48 bits per heavy atom. The van der Waals surface area contributed by atoms with Crippen LogP contribution in [0.3, 0.4) is 0 Å². The molecular formula is C30H38Cl2N4O4. The van der Waals surface area contributed by atoms with Crippen molar-refractivity contribution in [3.05, 3.63) is 40.4 Å². The molecule has 3 saturated heterocycles. The second kappa shape index (κ2) is 11.6. The van der Waals surface area contributed by atoms with Crippen LogP contribution in [0.25, 0.3) is 0 Å². The lowest BCUT2D eigenvalue weighted by atomic mass is 9.74. The smallest absolute Gasteiger partial charge is 0.246 e. The van der Waals surface area contributed by atoms with Crippen molar-refractivity contribution in [1.29, 1.82) is 0 Å². The molecule has 6 rings (SSSR count). The largest absolute Gasteiger partial charge is 0.359 e. The third-order valence-corrected chi connectivity index (χ3v) is 10.1. The van der Waals surface area contributed by atoms with Gasteiger partial charge in [0.05, 0.1) is 28.0 Å². The van der Waals surface area contributed by atoms with Gasteiger partial charge in [-0.05, 0) is 69.9 Å². The first-order valence-electron chi connectivity index (χ1n) is 14.8. The van der Waals surface area contributed by atoms with Crippen LogP contribution < -0.4 is 10.6 Å². The molecule has 1 spiro atoms. The number of halogens is 2. The lowest BCUT2D eigenvalue weighted by Crippen LogP contribution is -2.56. The number of fused-ring (bicyclic) bond motifs is 1. The van der Waals surface area contributed by atoms with Crippen molar-refractivity contribution in [2.45, 2.75) is 81.6 Å². The van der Waals surface area contributed by atoms with Crippen LogP contribution in [-0.2, 0) is 19.1 Å². The average molecular weight is 590 g/mol. The number of carbonyl (C=O) groups is 3. The van der Waals surface area contributed by atoms with E-state index in [1.165, 1.54) is 25.7 Å². The molecule has 4 fully saturated rings. The predicted octanol–water partition coefficient (Wildman–Crippen LogP) is 4.41. The molecular weight excluding hydrogens is 551 g/mol. The molecule has 1 saturated carbocycles. The summed E-state index contributed by atoms with van der Waals surface area (Å²) in [6.45, 7) is 3.51. The van der Waals surface area contributed by atoms with E-state index in [-0.39, 0.29) is 23.8 Å². The van der Waals surface area contributed by atoms with E-state index in [0.29, 0.717) is 22.3 Å². The van der Waals surface area contributed by atoms with Gasteiger partial charge in [-0.2, -0.15) is 0 Å². The molecule has 4 heterocycles. The number of piperidine rings is 1. The van der Waals surface area contributed by atoms with Crippen molar-refractivity contribution < 1.29 is 19.1 Å². The summed E-state index contributed by atoms with van der Waals surface area (Å²) in [4.78, 5) is 45.8. The van der Waals surface area contributed by atoms with Gasteiger partial charge in [-0.3, -0.25) is 14.4 Å². The van der Waals surface area contributed by atoms with E-state index >= 15 is 0 Å². The average Bonchev–Trinajstić information content (AvgIpc) is 3.59. The van der Waals surface area contributed by atoms with E-state index in [1.54, 1.807) is 23.1 Å². The highest BCUT2D eigenvalue weighted by atomic mass is 35.5. The Hall–Kier alpha value is -2.13. The number of nitrogens with zero attached hydrogens (tertiary/aromatic N) is 2. The lowest BCUT2D eigenvalue weighted by molar-refractivity contribution is -0.141. The van der Waals surface area contributed by atoms with Gasteiger partial charge < -0.3 is 25.2 Å². The van der Waals surface area contributed by atoms with Crippen LogP contribution in [0.15, 0.2) is 30.4 Å². The maximum Gasteiger partial charge on any atom is 0.246 e. The Kier molecular flexibility index (Phi) is 8.14. The number of nitrogens with one attached hydrogen (secondary N) is 2. The molecule has 0 radical (unpaired) electrons. The van der Waals surface area contributed by atoms with Crippen LogP contribution in [-0.4, -0.2) is 77.5 Å². The van der Waals surface area contributed by atoms with Gasteiger partial charge in [-0.1, -0.05) is 61.0 Å². The zero-order valence-corrected chi connectivity index (χ0v) is 24.3. The monoisotopic (exact) mass is 588 g/mol. The summed E-state index contributed by atoms with van der Waals surface area (Å²) in [6, 6.07) is 4.20. The fourth-order valence-electron chi connectivity index (χ4n) is 7.48. The fourth-order valence-corrected chi connectivity index (χ4v) is 7.78. The van der Waals surface area contributed by atoms with E-state index in [4.69, 9.17) is 27.9 Å². The fraction of sp³-hybridized carbons (Fsp3) is 0.633. The molecule has 2 N–H and O–H groups in total. The molecule has 4 aliphatic heterocycles. The summed E-state index contributed by atoms with van der Waals surface area (Å²) in [5.74, 6) is -2.18. The topological polar surface area (TPSA) is 91.0 Å². The maximum absolute atomic E-state index is 14.1. The molecule has 1 aromatic carbocycles. The molecule has 10 heteroatoms. The normalized spacial score (nSPS) is 31.9. The van der Waals surface area contributed by atoms with Gasteiger partial charge in [0, 0.05) is 18.3 Å². The van der Waals surface area contributed by atoms with E-state index in [0.717, 1.165) is 51.7 Å². The molecule has 216 valence electrons. The number of amides is 3. The van der Waals surface area contributed by atoms with Gasteiger partial charge in [0.1, 0.15) is 11.6 Å². The number of ether oxygens (including phenoxy) is 1. The number of anilines is 1. The van der Waals surface area contributed by atoms with Gasteiger partial charge in [-0.25, -0.2) is 0 Å². The minimum absolute atomic E-state index is 0.110. The van der Waals surface area contributed by atoms with Gasteiger partial charge in [0.15, 0.2) is 0 Å². The molecule has 0 unspecified atom stereocenters. The highest BCUT2D eigenvalue weighted by molar-refractivity contribution is 6.42. The molecule has 40 heavy (non-hydrogen) atoms. The summed E-state index contributed by atoms with van der Waals surface area (Å²) in [6.07, 6.45) is 12.9. The highest BCUT2D eigenvalue weighted by Crippen LogP contribution is 2.55. The molecule has 1 aliphatic carbocycles. The Balaban J connectivity index is 1.24. The number of rotatable bonds is 8. The van der Waals surface area contributed by atoms with Gasteiger partial charge in [0.2, 0.25) is 17.7 Å². The zero-order valence-electron chi connectivity index (χ0n) is 22.7. The molecule has 8 nitrogen and oxygen atoms in total. The third-order valence-electron chi connectivity index (χ3n) is 9.39. The standard InChI is InChI=1S/C30H38Cl2N4O4/c31-21-11-10-20(18-22(21)32)34-27(37)24-23-12-13-30(40-23)25(24)29(39)36(17-7-16-35-14-5-2-6-15-35)26(30)28(38)33-19-8-3-1-4-9-19/h10-13,18-19,23-26H,1-9,14-17H2,(H,33,38)(H,34,37)/t23-,24+,25-,26+,30-/m0/s1. The van der Waals surface area contributed by atoms with Crippen molar-refractivity contribution in [1.82, 2.24) is 15.1 Å². The van der Waals surface area contributed by atoms with Gasteiger partial charge in [0.25, 0.3) is 0 Å². The van der Waals surface area contributed by atoms with Crippen LogP contribution in [0, 0.1) is 11.8 Å². The summed E-state index contributed by atoms with van der Waals surface area (Å²) in [5.41, 5.74) is -0.652. The SMILES string of the molecule is O=C(Nc1ccc(Cl)c(Cl)c1)[C@@H]1[C@@H]2C=C[C@]3(O2)[C@@H]1C(=O)N(CCCN1CCCCC1)[C@@H]3C(=O)NC1CCCCC1. The van der Waals surface area contributed by atoms with Crippen molar-refractivity contribution in [2.24, 2.45) is 11.8 Å². The second-order valence-electron chi connectivity index (χ2n) is 12.0. The van der Waals surface area contributed by atoms with Crippen molar-refractivity contribution in [3.8, 4) is 0 Å². The first-order chi connectivity index (χ1) is 19.4. The van der Waals surface area contributed by atoms with E-state index in [1.807, 2.05) is 12.2 Å². The van der Waals surface area contributed by atoms with E-state index < -0.39 is 29.6 Å². The lowest BCUT2D eigenvalue weighted by Gasteiger charge is -2.34. The minimum atomic E-state index is -1.15.